The highest BCUT2D eigenvalue weighted by molar-refractivity contribution is 6.43. The van der Waals surface area contributed by atoms with Crippen LogP contribution in [-0.2, 0) is 0 Å². The van der Waals surface area contributed by atoms with Crippen molar-refractivity contribution < 1.29 is 13.4 Å². The molecule has 7 heteroatoms. The second-order valence-electron chi connectivity index (χ2n) is 10.6. The molecule has 6 rings (SSSR count). The molecule has 1 aliphatic rings. The Morgan fingerprint density at radius 1 is 0.744 bits per heavy atom. The first-order chi connectivity index (χ1) is 20.9. The van der Waals surface area contributed by atoms with Crippen LogP contribution in [-0.4, -0.2) is 30.5 Å². The number of aliphatic imine (C=N–C) groups is 2. The number of methoxy groups -OCH3 is 1. The molecule has 0 saturated carbocycles. The zero-order valence-electron chi connectivity index (χ0n) is 24.2. The van der Waals surface area contributed by atoms with Gasteiger partial charge >= 0.3 is 7.40 Å². The summed E-state index contributed by atoms with van der Waals surface area (Å²) in [4.78, 5) is 9.86. The van der Waals surface area contributed by atoms with Gasteiger partial charge in [0, 0.05) is 22.4 Å². The van der Waals surface area contributed by atoms with E-state index in [9.17, 15) is 0 Å². The smallest absolute Gasteiger partial charge is 0.497 e. The number of hydrogen-bond acceptors (Lipinski definition) is 2. The molecule has 1 aromatic heterocycles. The number of amidine groups is 1. The molecule has 0 radical (unpaired) electrons. The van der Waals surface area contributed by atoms with Crippen LogP contribution in [0.3, 0.4) is 0 Å². The van der Waals surface area contributed by atoms with Crippen molar-refractivity contribution in [2.45, 2.75) is 19.8 Å². The van der Waals surface area contributed by atoms with E-state index < -0.39 is 7.40 Å². The summed E-state index contributed by atoms with van der Waals surface area (Å²) in [6, 6.07) is 36.4. The highest BCUT2D eigenvalue weighted by atomic mass is 19.2. The molecule has 0 aliphatic carbocycles. The molecule has 5 aromatic rings. The summed E-state index contributed by atoms with van der Waals surface area (Å²) in [7, 11) is -1.24. The zero-order chi connectivity index (χ0) is 29.9. The quantitative estimate of drug-likeness (QED) is 0.172. The highest BCUT2D eigenvalue weighted by Crippen LogP contribution is 2.41. The van der Waals surface area contributed by atoms with Crippen LogP contribution < -0.4 is 4.74 Å². The molecule has 43 heavy (non-hydrogen) atoms. The average molecular weight is 569 g/mol. The van der Waals surface area contributed by atoms with E-state index in [0.717, 1.165) is 32.5 Å². The van der Waals surface area contributed by atoms with Gasteiger partial charge in [-0.3, -0.25) is 8.63 Å². The fraction of sp³-hybridized carbons (Fsp3) is 0.111. The van der Waals surface area contributed by atoms with Crippen molar-refractivity contribution in [1.82, 2.24) is 4.48 Å². The predicted octanol–water partition coefficient (Wildman–Crippen LogP) is 9.34. The lowest BCUT2D eigenvalue weighted by Gasteiger charge is -2.11. The number of rotatable bonds is 8. The summed E-state index contributed by atoms with van der Waals surface area (Å²) in [5, 5.41) is 0. The number of ether oxygens (including phenoxy) is 1. The fourth-order valence-corrected chi connectivity index (χ4v) is 5.25. The lowest BCUT2D eigenvalue weighted by molar-refractivity contribution is 0.415. The number of nitrogens with zero attached hydrogens (tertiary/aromatic N) is 3. The second-order valence-corrected chi connectivity index (χ2v) is 10.6. The van der Waals surface area contributed by atoms with Gasteiger partial charge in [-0.1, -0.05) is 111 Å². The van der Waals surface area contributed by atoms with Crippen LogP contribution in [0.15, 0.2) is 131 Å². The maximum atomic E-state index is 15.0. The monoisotopic (exact) mass is 569 g/mol. The summed E-state index contributed by atoms with van der Waals surface area (Å²) >= 11 is 0. The third kappa shape index (κ3) is 5.71. The Kier molecular flexibility index (Phi) is 7.88. The maximum absolute atomic E-state index is 15.0. The molecule has 0 spiro atoms. The minimum atomic E-state index is -2.83. The van der Waals surface area contributed by atoms with Crippen molar-refractivity contribution in [3.05, 3.63) is 138 Å². The highest BCUT2D eigenvalue weighted by Gasteiger charge is 2.30. The van der Waals surface area contributed by atoms with E-state index in [1.807, 2.05) is 103 Å². The molecule has 1 aliphatic heterocycles. The van der Waals surface area contributed by atoms with Crippen molar-refractivity contribution >= 4 is 30.3 Å². The molecular weight excluding hydrogens is 539 g/mol. The number of allylic oxidation sites excluding steroid dienone is 1. The first-order valence-electron chi connectivity index (χ1n) is 14.2. The molecule has 0 N–H and O–H groups in total. The average Bonchev–Trinajstić information content (AvgIpc) is 3.64. The van der Waals surface area contributed by atoms with Gasteiger partial charge in [-0.25, -0.2) is 9.98 Å². The first kappa shape index (κ1) is 28.1. The van der Waals surface area contributed by atoms with E-state index in [0.29, 0.717) is 34.3 Å². The Morgan fingerprint density at radius 3 is 1.93 bits per heavy atom. The van der Waals surface area contributed by atoms with Crippen molar-refractivity contribution in [3.8, 4) is 28.1 Å². The molecule has 0 bridgehead atoms. The Hall–Kier alpha value is -5.04. The molecule has 212 valence electrons. The van der Waals surface area contributed by atoms with E-state index in [1.165, 1.54) is 5.56 Å². The molecule has 0 amide bonds. The van der Waals surface area contributed by atoms with Gasteiger partial charge in [0.05, 0.1) is 12.8 Å². The van der Waals surface area contributed by atoms with E-state index in [4.69, 9.17) is 14.7 Å². The van der Waals surface area contributed by atoms with Crippen molar-refractivity contribution in [2.24, 2.45) is 9.98 Å². The standard InChI is InChI=1S/C36H30BF2N3O/c1-24(2)25-14-16-26(17-15-25)31-22-33(28-10-6-4-7-11-28)40-35(31)41-36-32(27-18-20-30(43-3)21-19-27)23-34(42(36)37(38)39)29-12-8-5-9-13-29/h4-24H,1-3H3. The molecular formula is C36H30BF2N3O. The number of hydrogen-bond donors (Lipinski definition) is 0. The molecule has 2 heterocycles. The predicted molar refractivity (Wildman–Crippen MR) is 174 cm³/mol. The Labute approximate surface area is 250 Å². The molecule has 0 saturated heterocycles. The Morgan fingerprint density at radius 2 is 1.35 bits per heavy atom. The first-order valence-corrected chi connectivity index (χ1v) is 14.2. The van der Waals surface area contributed by atoms with Crippen molar-refractivity contribution in [1.29, 1.82) is 0 Å². The van der Waals surface area contributed by atoms with E-state index in [1.54, 1.807) is 13.2 Å². The molecule has 4 nitrogen and oxygen atoms in total. The Bertz CT molecular complexity index is 1820. The van der Waals surface area contributed by atoms with Gasteiger partial charge in [-0.15, -0.1) is 0 Å². The summed E-state index contributed by atoms with van der Waals surface area (Å²) in [5.41, 5.74) is 6.93. The van der Waals surface area contributed by atoms with Crippen LogP contribution in [0.4, 0.5) is 14.4 Å². The van der Waals surface area contributed by atoms with Gasteiger partial charge in [-0.2, -0.15) is 0 Å². The van der Waals surface area contributed by atoms with Gasteiger partial charge in [-0.05, 0) is 52.4 Å². The number of benzene rings is 4. The van der Waals surface area contributed by atoms with Gasteiger partial charge in [0.1, 0.15) is 11.6 Å². The van der Waals surface area contributed by atoms with Gasteiger partial charge in [0.2, 0.25) is 0 Å². The van der Waals surface area contributed by atoms with Gasteiger partial charge < -0.3 is 9.21 Å². The van der Waals surface area contributed by atoms with Crippen molar-refractivity contribution in [2.75, 3.05) is 7.11 Å². The molecule has 4 aromatic carbocycles. The number of halogens is 2. The minimum absolute atomic E-state index is 0.136. The van der Waals surface area contributed by atoms with E-state index in [-0.39, 0.29) is 5.82 Å². The van der Waals surface area contributed by atoms with Gasteiger partial charge in [0.15, 0.2) is 5.84 Å². The number of aromatic nitrogens is 1. The molecule has 0 atom stereocenters. The molecule has 0 fully saturated rings. The van der Waals surface area contributed by atoms with Crippen LogP contribution in [0, 0.1) is 0 Å². The lowest BCUT2D eigenvalue weighted by atomic mass is 9.98. The third-order valence-electron chi connectivity index (χ3n) is 7.59. The molecule has 0 unspecified atom stereocenters. The fourth-order valence-electron chi connectivity index (χ4n) is 5.25. The topological polar surface area (TPSA) is 38.9 Å². The van der Waals surface area contributed by atoms with Crippen molar-refractivity contribution in [3.63, 3.8) is 0 Å². The van der Waals surface area contributed by atoms with E-state index in [2.05, 4.69) is 26.0 Å². The van der Waals surface area contributed by atoms with Crippen LogP contribution in [0.25, 0.3) is 28.0 Å². The van der Waals surface area contributed by atoms with E-state index >= 15 is 8.63 Å². The van der Waals surface area contributed by atoms with Crippen LogP contribution in [0.2, 0.25) is 0 Å². The summed E-state index contributed by atoms with van der Waals surface area (Å²) in [5.74, 6) is 1.58. The third-order valence-corrected chi connectivity index (χ3v) is 7.59. The van der Waals surface area contributed by atoms with Crippen LogP contribution >= 0.6 is 0 Å². The minimum Gasteiger partial charge on any atom is -0.497 e. The largest absolute Gasteiger partial charge is 0.679 e. The summed E-state index contributed by atoms with van der Waals surface area (Å²) in [6.07, 6.45) is 1.99. The van der Waals surface area contributed by atoms with Crippen LogP contribution in [0.5, 0.6) is 5.75 Å². The Balaban J connectivity index is 1.58. The SMILES string of the molecule is COc1ccc(-c2cc(-c3ccccc3)n(B(F)F)c2N=C2N=C(c3ccccc3)C=C2c2ccc(C(C)C)cc2)cc1. The summed E-state index contributed by atoms with van der Waals surface area (Å²) in [6.45, 7) is 4.30. The van der Waals surface area contributed by atoms with Gasteiger partial charge in [0.25, 0.3) is 0 Å². The maximum Gasteiger partial charge on any atom is 0.679 e. The normalized spacial score (nSPS) is 13.8. The second kappa shape index (κ2) is 12.1. The summed E-state index contributed by atoms with van der Waals surface area (Å²) < 4.78 is 36.3. The van der Waals surface area contributed by atoms with Crippen LogP contribution in [0.1, 0.15) is 36.5 Å². The lowest BCUT2D eigenvalue weighted by Crippen LogP contribution is -2.14. The zero-order valence-corrected chi connectivity index (χ0v) is 24.2.